The van der Waals surface area contributed by atoms with Crippen LogP contribution in [0.5, 0.6) is 0 Å². The first kappa shape index (κ1) is 23.2. The molecule has 0 aliphatic carbocycles. The molecule has 3 aromatic rings. The van der Waals surface area contributed by atoms with Crippen molar-refractivity contribution < 1.29 is 23.8 Å². The van der Waals surface area contributed by atoms with E-state index in [1.165, 1.54) is 29.3 Å². The van der Waals surface area contributed by atoms with Crippen LogP contribution in [-0.2, 0) is 17.9 Å². The second-order valence-electron chi connectivity index (χ2n) is 6.99. The first-order valence-electron chi connectivity index (χ1n) is 9.72. The van der Waals surface area contributed by atoms with Crippen LogP contribution in [0.2, 0.25) is 5.02 Å². The fraction of sp³-hybridized carbons (Fsp3) is 0.227. The Labute approximate surface area is 189 Å². The molecular formula is C22H22ClFN4O4. The van der Waals surface area contributed by atoms with Crippen molar-refractivity contribution in [2.45, 2.75) is 13.2 Å². The third-order valence-electron chi connectivity index (χ3n) is 4.64. The molecule has 0 spiro atoms. The summed E-state index contributed by atoms with van der Waals surface area (Å²) in [4.78, 5) is 29.6. The van der Waals surface area contributed by atoms with Gasteiger partial charge in [-0.3, -0.25) is 5.32 Å². The summed E-state index contributed by atoms with van der Waals surface area (Å²) in [5.41, 5.74) is 1.37. The van der Waals surface area contributed by atoms with Crippen LogP contribution in [-0.4, -0.2) is 47.3 Å². The SMILES string of the molecule is CN(CCOC(=O)Nc1cc2cc(F)ccc2cn1)C(=O)NCc1cc(CO)ccc1Cl. The largest absolute Gasteiger partial charge is 0.447 e. The van der Waals surface area contributed by atoms with Crippen molar-refractivity contribution in [3.63, 3.8) is 0 Å². The maximum Gasteiger partial charge on any atom is 0.412 e. The number of aromatic nitrogens is 1. The molecule has 10 heteroatoms. The van der Waals surface area contributed by atoms with Crippen LogP contribution in [0.3, 0.4) is 0 Å². The standard InChI is InChI=1S/C22H22ClFN4O4/c1-28(21(30)26-12-17-8-14(13-29)2-5-19(17)23)6-7-32-22(31)27-20-10-16-9-18(24)4-3-15(16)11-25-20/h2-5,8-11,29H,6-7,12-13H2,1H3,(H,26,30)(H,25,27,31). The summed E-state index contributed by atoms with van der Waals surface area (Å²) >= 11 is 6.11. The second kappa shape index (κ2) is 10.7. The first-order valence-corrected chi connectivity index (χ1v) is 10.1. The van der Waals surface area contributed by atoms with Gasteiger partial charge in [0.25, 0.3) is 0 Å². The van der Waals surface area contributed by atoms with E-state index in [1.54, 1.807) is 31.3 Å². The van der Waals surface area contributed by atoms with Crippen LogP contribution in [0.4, 0.5) is 19.8 Å². The van der Waals surface area contributed by atoms with Gasteiger partial charge in [0.1, 0.15) is 18.2 Å². The summed E-state index contributed by atoms with van der Waals surface area (Å²) in [5.74, 6) is -0.164. The molecule has 0 unspecified atom stereocenters. The zero-order valence-electron chi connectivity index (χ0n) is 17.3. The number of likely N-dealkylation sites (N-methyl/N-ethyl adjacent to an activating group) is 1. The van der Waals surface area contributed by atoms with Gasteiger partial charge in [-0.25, -0.2) is 19.0 Å². The van der Waals surface area contributed by atoms with Gasteiger partial charge in [0.15, 0.2) is 0 Å². The predicted octanol–water partition coefficient (Wildman–Crippen LogP) is 3.91. The van der Waals surface area contributed by atoms with Crippen molar-refractivity contribution in [2.24, 2.45) is 0 Å². The van der Waals surface area contributed by atoms with E-state index >= 15 is 0 Å². The zero-order valence-corrected chi connectivity index (χ0v) is 18.0. The quantitative estimate of drug-likeness (QED) is 0.496. The monoisotopic (exact) mass is 460 g/mol. The molecule has 0 aliphatic rings. The van der Waals surface area contributed by atoms with Gasteiger partial charge in [-0.05, 0) is 46.8 Å². The summed E-state index contributed by atoms with van der Waals surface area (Å²) in [7, 11) is 1.56. The number of halogens is 2. The maximum absolute atomic E-state index is 13.4. The zero-order chi connectivity index (χ0) is 23.1. The molecular weight excluding hydrogens is 439 g/mol. The van der Waals surface area contributed by atoms with Gasteiger partial charge in [0.2, 0.25) is 0 Å². The number of hydrogen-bond donors (Lipinski definition) is 3. The minimum atomic E-state index is -0.741. The van der Waals surface area contributed by atoms with E-state index in [-0.39, 0.29) is 44.0 Å². The minimum absolute atomic E-state index is 0.0429. The van der Waals surface area contributed by atoms with Gasteiger partial charge in [-0.2, -0.15) is 0 Å². The number of fused-ring (bicyclic) bond motifs is 1. The van der Waals surface area contributed by atoms with E-state index in [9.17, 15) is 19.1 Å². The number of amides is 3. The summed E-state index contributed by atoms with van der Waals surface area (Å²) < 4.78 is 18.4. The summed E-state index contributed by atoms with van der Waals surface area (Å²) in [6, 6.07) is 10.5. The highest BCUT2D eigenvalue weighted by Crippen LogP contribution is 2.19. The fourth-order valence-corrected chi connectivity index (χ4v) is 3.05. The normalized spacial score (nSPS) is 10.6. The van der Waals surface area contributed by atoms with Gasteiger partial charge in [0.05, 0.1) is 13.2 Å². The average molecular weight is 461 g/mol. The third kappa shape index (κ3) is 6.29. The molecule has 3 amide bonds. The lowest BCUT2D eigenvalue weighted by atomic mass is 10.1. The number of anilines is 1. The predicted molar refractivity (Wildman–Crippen MR) is 119 cm³/mol. The summed E-state index contributed by atoms with van der Waals surface area (Å²) in [5, 5.41) is 16.2. The van der Waals surface area contributed by atoms with Crippen LogP contribution < -0.4 is 10.6 Å². The van der Waals surface area contributed by atoms with E-state index in [2.05, 4.69) is 15.6 Å². The Kier molecular flexibility index (Phi) is 7.80. The number of carbonyl (C=O) groups excluding carboxylic acids is 2. The number of pyridine rings is 1. The highest BCUT2D eigenvalue weighted by atomic mass is 35.5. The van der Waals surface area contributed by atoms with E-state index in [4.69, 9.17) is 16.3 Å². The number of aliphatic hydroxyl groups is 1. The number of carbonyl (C=O) groups is 2. The van der Waals surface area contributed by atoms with E-state index in [0.29, 0.717) is 21.5 Å². The van der Waals surface area contributed by atoms with Gasteiger partial charge in [0, 0.05) is 30.2 Å². The number of urea groups is 1. The number of nitrogens with one attached hydrogen (secondary N) is 2. The van der Waals surface area contributed by atoms with Crippen LogP contribution in [0.15, 0.2) is 48.7 Å². The molecule has 0 aliphatic heterocycles. The Hall–Kier alpha value is -3.43. The summed E-state index contributed by atoms with van der Waals surface area (Å²) in [6.07, 6.45) is 0.778. The lowest BCUT2D eigenvalue weighted by Gasteiger charge is -2.18. The van der Waals surface area contributed by atoms with Crippen molar-refractivity contribution in [1.82, 2.24) is 15.2 Å². The van der Waals surface area contributed by atoms with Crippen molar-refractivity contribution in [2.75, 3.05) is 25.5 Å². The molecule has 2 aromatic carbocycles. The van der Waals surface area contributed by atoms with E-state index in [0.717, 1.165) is 5.39 Å². The molecule has 0 radical (unpaired) electrons. The molecule has 168 valence electrons. The molecule has 1 heterocycles. The van der Waals surface area contributed by atoms with Gasteiger partial charge in [-0.1, -0.05) is 23.7 Å². The number of nitrogens with zero attached hydrogens (tertiary/aromatic N) is 2. The minimum Gasteiger partial charge on any atom is -0.447 e. The van der Waals surface area contributed by atoms with Gasteiger partial charge < -0.3 is 20.1 Å². The van der Waals surface area contributed by atoms with Crippen LogP contribution >= 0.6 is 11.6 Å². The number of aliphatic hydroxyl groups excluding tert-OH is 1. The second-order valence-corrected chi connectivity index (χ2v) is 7.39. The molecule has 0 bridgehead atoms. The molecule has 0 saturated carbocycles. The Balaban J connectivity index is 1.43. The smallest absolute Gasteiger partial charge is 0.412 e. The molecule has 3 N–H and O–H groups in total. The number of hydrogen-bond acceptors (Lipinski definition) is 5. The van der Waals surface area contributed by atoms with Gasteiger partial charge in [-0.15, -0.1) is 0 Å². The lowest BCUT2D eigenvalue weighted by Crippen LogP contribution is -2.39. The maximum atomic E-state index is 13.4. The van der Waals surface area contributed by atoms with E-state index in [1.807, 2.05) is 0 Å². The molecule has 3 rings (SSSR count). The van der Waals surface area contributed by atoms with Crippen LogP contribution in [0.25, 0.3) is 10.8 Å². The van der Waals surface area contributed by atoms with Crippen molar-refractivity contribution in [3.05, 3.63) is 70.6 Å². The molecule has 8 nitrogen and oxygen atoms in total. The average Bonchev–Trinajstić information content (AvgIpc) is 2.77. The van der Waals surface area contributed by atoms with Crippen molar-refractivity contribution >= 4 is 40.3 Å². The van der Waals surface area contributed by atoms with Gasteiger partial charge >= 0.3 is 12.1 Å². The number of rotatable bonds is 7. The molecule has 0 fully saturated rings. The summed E-state index contributed by atoms with van der Waals surface area (Å²) in [6.45, 7) is 0.174. The Bertz CT molecular complexity index is 1130. The highest BCUT2D eigenvalue weighted by molar-refractivity contribution is 6.31. The van der Waals surface area contributed by atoms with E-state index < -0.39 is 6.09 Å². The number of ether oxygens (including phenoxy) is 1. The fourth-order valence-electron chi connectivity index (χ4n) is 2.87. The number of benzene rings is 2. The Morgan fingerprint density at radius 2 is 2.00 bits per heavy atom. The molecule has 1 aromatic heterocycles. The van der Waals surface area contributed by atoms with Crippen LogP contribution in [0.1, 0.15) is 11.1 Å². The highest BCUT2D eigenvalue weighted by Gasteiger charge is 2.11. The third-order valence-corrected chi connectivity index (χ3v) is 5.01. The topological polar surface area (TPSA) is 104 Å². The first-order chi connectivity index (χ1) is 15.4. The molecule has 32 heavy (non-hydrogen) atoms. The Morgan fingerprint density at radius 1 is 1.19 bits per heavy atom. The Morgan fingerprint density at radius 3 is 2.78 bits per heavy atom. The van der Waals surface area contributed by atoms with Crippen molar-refractivity contribution in [3.8, 4) is 0 Å². The lowest BCUT2D eigenvalue weighted by molar-refractivity contribution is 0.146. The van der Waals surface area contributed by atoms with Crippen LogP contribution in [0, 0.1) is 5.82 Å². The molecule has 0 saturated heterocycles. The van der Waals surface area contributed by atoms with Crippen molar-refractivity contribution in [1.29, 1.82) is 0 Å². The molecule has 0 atom stereocenters.